The summed E-state index contributed by atoms with van der Waals surface area (Å²) in [5, 5.41) is 7.84. The van der Waals surface area contributed by atoms with Crippen LogP contribution in [-0.4, -0.2) is 25.2 Å². The molecule has 2 rings (SSSR count). The molecule has 5 heteroatoms. The van der Waals surface area contributed by atoms with Crippen LogP contribution in [-0.2, 0) is 0 Å². The summed E-state index contributed by atoms with van der Waals surface area (Å²) in [6, 6.07) is 4.78. The van der Waals surface area contributed by atoms with E-state index >= 15 is 0 Å². The van der Waals surface area contributed by atoms with Gasteiger partial charge in [0, 0.05) is 17.1 Å². The Morgan fingerprint density at radius 1 is 1.48 bits per heavy atom. The minimum atomic E-state index is 0.366. The Morgan fingerprint density at radius 3 is 2.95 bits per heavy atom. The highest BCUT2D eigenvalue weighted by molar-refractivity contribution is 9.10. The van der Waals surface area contributed by atoms with Crippen molar-refractivity contribution in [1.29, 1.82) is 0 Å². The second-order valence-electron chi connectivity index (χ2n) is 5.63. The molecule has 0 spiro atoms. The Hall–Kier alpha value is -0.450. The van der Waals surface area contributed by atoms with Crippen LogP contribution in [0.5, 0.6) is 5.75 Å². The van der Waals surface area contributed by atoms with Crippen molar-refractivity contribution in [2.45, 2.75) is 51.6 Å². The molecule has 1 fully saturated rings. The van der Waals surface area contributed by atoms with Gasteiger partial charge in [0.2, 0.25) is 0 Å². The van der Waals surface area contributed by atoms with Gasteiger partial charge in [0.25, 0.3) is 0 Å². The Labute approximate surface area is 140 Å². The van der Waals surface area contributed by atoms with Crippen molar-refractivity contribution in [3.63, 3.8) is 0 Å². The quantitative estimate of drug-likeness (QED) is 0.747. The molecule has 0 radical (unpaired) electrons. The minimum Gasteiger partial charge on any atom is -0.491 e. The number of anilines is 1. The van der Waals surface area contributed by atoms with E-state index in [-0.39, 0.29) is 0 Å². The molecule has 0 aromatic heterocycles. The van der Waals surface area contributed by atoms with Crippen LogP contribution >= 0.6 is 27.5 Å². The number of rotatable bonds is 6. The molecule has 2 N–H and O–H groups in total. The first kappa shape index (κ1) is 16.9. The van der Waals surface area contributed by atoms with Crippen LogP contribution in [0.3, 0.4) is 0 Å². The standard InChI is InChI=1S/C16H24BrClN2O/c1-3-21-16-14(17)9-12(18)10-15(16)20-11(2)8-13-6-4-5-7-19-13/h9-11,13,19-20H,3-8H2,1-2H3. The maximum Gasteiger partial charge on any atom is 0.156 e. The van der Waals surface area contributed by atoms with Gasteiger partial charge in [0.05, 0.1) is 16.8 Å². The van der Waals surface area contributed by atoms with Crippen LogP contribution in [0.25, 0.3) is 0 Å². The number of hydrogen-bond acceptors (Lipinski definition) is 3. The summed E-state index contributed by atoms with van der Waals surface area (Å²) in [4.78, 5) is 0. The first-order valence-electron chi connectivity index (χ1n) is 7.72. The predicted molar refractivity (Wildman–Crippen MR) is 93.7 cm³/mol. The van der Waals surface area contributed by atoms with E-state index in [2.05, 4.69) is 33.5 Å². The molecule has 21 heavy (non-hydrogen) atoms. The van der Waals surface area contributed by atoms with Gasteiger partial charge in [0.1, 0.15) is 0 Å². The Kier molecular flexibility index (Phi) is 6.65. The molecular formula is C16H24BrClN2O. The Morgan fingerprint density at radius 2 is 2.29 bits per heavy atom. The molecule has 1 aromatic rings. The second kappa shape index (κ2) is 8.25. The van der Waals surface area contributed by atoms with E-state index in [9.17, 15) is 0 Å². The van der Waals surface area contributed by atoms with Crippen molar-refractivity contribution in [3.05, 3.63) is 21.6 Å². The summed E-state index contributed by atoms with van der Waals surface area (Å²) in [5.41, 5.74) is 0.958. The van der Waals surface area contributed by atoms with Gasteiger partial charge in [-0.3, -0.25) is 0 Å². The molecule has 3 nitrogen and oxygen atoms in total. The van der Waals surface area contributed by atoms with Gasteiger partial charge in [-0.1, -0.05) is 18.0 Å². The highest BCUT2D eigenvalue weighted by Crippen LogP contribution is 2.37. The molecule has 0 saturated carbocycles. The zero-order valence-electron chi connectivity index (χ0n) is 12.7. The second-order valence-corrected chi connectivity index (χ2v) is 6.92. The summed E-state index contributed by atoms with van der Waals surface area (Å²) in [7, 11) is 0. The average Bonchev–Trinajstić information content (AvgIpc) is 2.43. The zero-order valence-corrected chi connectivity index (χ0v) is 15.1. The third-order valence-corrected chi connectivity index (χ3v) is 4.56. The van der Waals surface area contributed by atoms with E-state index in [0.29, 0.717) is 23.7 Å². The smallest absolute Gasteiger partial charge is 0.156 e. The summed E-state index contributed by atoms with van der Waals surface area (Å²) in [6.07, 6.45) is 5.00. The van der Waals surface area contributed by atoms with Crippen molar-refractivity contribution >= 4 is 33.2 Å². The maximum atomic E-state index is 6.16. The zero-order chi connectivity index (χ0) is 15.2. The molecule has 1 aromatic carbocycles. The van der Waals surface area contributed by atoms with Crippen molar-refractivity contribution in [2.75, 3.05) is 18.5 Å². The Bertz CT molecular complexity index is 464. The molecule has 0 bridgehead atoms. The van der Waals surface area contributed by atoms with Crippen LogP contribution in [0.2, 0.25) is 5.02 Å². The topological polar surface area (TPSA) is 33.3 Å². The molecule has 0 aliphatic carbocycles. The third-order valence-electron chi connectivity index (χ3n) is 3.75. The van der Waals surface area contributed by atoms with E-state index in [0.717, 1.165) is 28.9 Å². The fourth-order valence-corrected chi connectivity index (χ4v) is 3.76. The summed E-state index contributed by atoms with van der Waals surface area (Å²) in [6.45, 7) is 5.97. The number of benzene rings is 1. The first-order chi connectivity index (χ1) is 10.1. The maximum absolute atomic E-state index is 6.16. The van der Waals surface area contributed by atoms with Gasteiger partial charge in [-0.05, 0) is 67.7 Å². The van der Waals surface area contributed by atoms with Gasteiger partial charge in [-0.25, -0.2) is 0 Å². The third kappa shape index (κ3) is 5.04. The Balaban J connectivity index is 2.03. The van der Waals surface area contributed by atoms with Crippen LogP contribution in [0.4, 0.5) is 5.69 Å². The van der Waals surface area contributed by atoms with Gasteiger partial charge >= 0.3 is 0 Å². The van der Waals surface area contributed by atoms with Gasteiger partial charge in [0.15, 0.2) is 5.75 Å². The van der Waals surface area contributed by atoms with E-state index in [1.54, 1.807) is 0 Å². The van der Waals surface area contributed by atoms with Crippen LogP contribution < -0.4 is 15.4 Å². The van der Waals surface area contributed by atoms with Crippen LogP contribution in [0.15, 0.2) is 16.6 Å². The van der Waals surface area contributed by atoms with E-state index in [1.807, 2.05) is 19.1 Å². The summed E-state index contributed by atoms with van der Waals surface area (Å²) in [5.74, 6) is 0.838. The lowest BCUT2D eigenvalue weighted by Gasteiger charge is -2.27. The highest BCUT2D eigenvalue weighted by Gasteiger charge is 2.17. The number of piperidine rings is 1. The number of ether oxygens (including phenoxy) is 1. The van der Waals surface area contributed by atoms with Gasteiger partial charge in [-0.2, -0.15) is 0 Å². The van der Waals surface area contributed by atoms with Crippen molar-refractivity contribution in [2.24, 2.45) is 0 Å². The van der Waals surface area contributed by atoms with Crippen molar-refractivity contribution in [3.8, 4) is 5.75 Å². The average molecular weight is 376 g/mol. The molecule has 0 amide bonds. The normalized spacial score (nSPS) is 20.1. The molecular weight excluding hydrogens is 352 g/mol. The number of nitrogens with one attached hydrogen (secondary N) is 2. The molecule has 118 valence electrons. The van der Waals surface area contributed by atoms with E-state index in [1.165, 1.54) is 19.3 Å². The first-order valence-corrected chi connectivity index (χ1v) is 8.89. The fraction of sp³-hybridized carbons (Fsp3) is 0.625. The van der Waals surface area contributed by atoms with Crippen molar-refractivity contribution < 1.29 is 4.74 Å². The lowest BCUT2D eigenvalue weighted by atomic mass is 9.98. The van der Waals surface area contributed by atoms with E-state index in [4.69, 9.17) is 16.3 Å². The fourth-order valence-electron chi connectivity index (χ4n) is 2.83. The van der Waals surface area contributed by atoms with E-state index < -0.39 is 0 Å². The number of halogens is 2. The molecule has 1 heterocycles. The van der Waals surface area contributed by atoms with Crippen LogP contribution in [0, 0.1) is 0 Å². The molecule has 1 aliphatic rings. The molecule has 1 saturated heterocycles. The monoisotopic (exact) mass is 374 g/mol. The largest absolute Gasteiger partial charge is 0.491 e. The lowest BCUT2D eigenvalue weighted by Crippen LogP contribution is -2.37. The van der Waals surface area contributed by atoms with Crippen molar-refractivity contribution in [1.82, 2.24) is 5.32 Å². The van der Waals surface area contributed by atoms with Crippen LogP contribution in [0.1, 0.15) is 39.5 Å². The number of hydrogen-bond donors (Lipinski definition) is 2. The van der Waals surface area contributed by atoms with Gasteiger partial charge < -0.3 is 15.4 Å². The molecule has 1 aliphatic heterocycles. The molecule has 2 unspecified atom stereocenters. The molecule has 2 atom stereocenters. The predicted octanol–water partition coefficient (Wildman–Crippen LogP) is 4.83. The SMILES string of the molecule is CCOc1c(Br)cc(Cl)cc1NC(C)CC1CCCCN1. The highest BCUT2D eigenvalue weighted by atomic mass is 79.9. The van der Waals surface area contributed by atoms with Gasteiger partial charge in [-0.15, -0.1) is 0 Å². The summed E-state index contributed by atoms with van der Waals surface area (Å²) >= 11 is 9.69. The minimum absolute atomic E-state index is 0.366. The summed E-state index contributed by atoms with van der Waals surface area (Å²) < 4.78 is 6.62. The lowest BCUT2D eigenvalue weighted by molar-refractivity contribution is 0.338.